The Hall–Kier alpha value is -3.20. The third-order valence-corrected chi connectivity index (χ3v) is 5.88. The number of rotatable bonds is 7. The predicted molar refractivity (Wildman–Crippen MR) is 119 cm³/mol. The molecule has 4 aromatic rings. The van der Waals surface area contributed by atoms with Crippen LogP contribution in [0.25, 0.3) is 21.8 Å². The van der Waals surface area contributed by atoms with Crippen molar-refractivity contribution in [1.82, 2.24) is 15.3 Å². The van der Waals surface area contributed by atoms with E-state index < -0.39 is 6.36 Å². The summed E-state index contributed by atoms with van der Waals surface area (Å²) in [7, 11) is 0. The first kappa shape index (κ1) is 22.0. The van der Waals surface area contributed by atoms with Gasteiger partial charge in [-0.15, -0.1) is 13.2 Å². The van der Waals surface area contributed by atoms with Gasteiger partial charge in [0.2, 0.25) is 5.91 Å². The normalized spacial score (nSPS) is 11.8. The Labute approximate surface area is 186 Å². The van der Waals surface area contributed by atoms with E-state index in [2.05, 4.69) is 20.0 Å². The standard InChI is InChI=1S/C23H20F3N3O2S/c1-14-17(18-12-16(31-23(24,25)26)7-8-20(18)28-14)10-11-27-21(30)13-32-22-9-6-15-4-2-3-5-19(15)29-22/h2-9,12,28H,10-11,13H2,1H3,(H,27,30). The zero-order chi connectivity index (χ0) is 22.7. The van der Waals surface area contributed by atoms with Crippen LogP contribution in [0.2, 0.25) is 0 Å². The van der Waals surface area contributed by atoms with Crippen LogP contribution >= 0.6 is 11.8 Å². The number of fused-ring (bicyclic) bond motifs is 2. The smallest absolute Gasteiger partial charge is 0.406 e. The van der Waals surface area contributed by atoms with Crippen LogP contribution in [0, 0.1) is 6.92 Å². The van der Waals surface area contributed by atoms with Crippen molar-refractivity contribution in [2.45, 2.75) is 24.7 Å². The van der Waals surface area contributed by atoms with Crippen LogP contribution in [0.5, 0.6) is 5.75 Å². The molecule has 0 aliphatic carbocycles. The third-order valence-electron chi connectivity index (χ3n) is 4.95. The summed E-state index contributed by atoms with van der Waals surface area (Å²) in [5, 5.41) is 5.32. The lowest BCUT2D eigenvalue weighted by Crippen LogP contribution is -2.27. The Morgan fingerprint density at radius 2 is 1.97 bits per heavy atom. The van der Waals surface area contributed by atoms with Crippen LogP contribution in [0.1, 0.15) is 11.3 Å². The van der Waals surface area contributed by atoms with E-state index in [9.17, 15) is 18.0 Å². The molecular formula is C23H20F3N3O2S. The molecule has 0 unspecified atom stereocenters. The number of carbonyl (C=O) groups is 1. The van der Waals surface area contributed by atoms with Crippen LogP contribution in [-0.2, 0) is 11.2 Å². The van der Waals surface area contributed by atoms with Gasteiger partial charge in [-0.3, -0.25) is 4.79 Å². The van der Waals surface area contributed by atoms with Gasteiger partial charge >= 0.3 is 6.36 Å². The van der Waals surface area contributed by atoms with Crippen LogP contribution in [0.15, 0.2) is 59.6 Å². The molecule has 9 heteroatoms. The molecule has 0 aliphatic rings. The van der Waals surface area contributed by atoms with E-state index in [-0.39, 0.29) is 17.4 Å². The zero-order valence-electron chi connectivity index (χ0n) is 17.1. The number of alkyl halides is 3. The zero-order valence-corrected chi connectivity index (χ0v) is 17.9. The summed E-state index contributed by atoms with van der Waals surface area (Å²) in [4.78, 5) is 19.9. The quantitative estimate of drug-likeness (QED) is 0.365. The van der Waals surface area contributed by atoms with E-state index in [0.29, 0.717) is 18.4 Å². The molecule has 0 radical (unpaired) electrons. The lowest BCUT2D eigenvalue weighted by Gasteiger charge is -2.09. The van der Waals surface area contributed by atoms with Crippen molar-refractivity contribution in [2.75, 3.05) is 12.3 Å². The van der Waals surface area contributed by atoms with Gasteiger partial charge in [0.1, 0.15) is 5.75 Å². The molecular weight excluding hydrogens is 439 g/mol. The SMILES string of the molecule is Cc1[nH]c2ccc(OC(F)(F)F)cc2c1CCNC(=O)CSc1ccc2ccccc2n1. The lowest BCUT2D eigenvalue weighted by atomic mass is 10.1. The second-order valence-corrected chi connectivity index (χ2v) is 8.21. The van der Waals surface area contributed by atoms with Crippen LogP contribution in [0.3, 0.4) is 0 Å². The van der Waals surface area contributed by atoms with Crippen LogP contribution in [0.4, 0.5) is 13.2 Å². The summed E-state index contributed by atoms with van der Waals surface area (Å²) in [6, 6.07) is 15.8. The average Bonchev–Trinajstić information content (AvgIpc) is 3.05. The topological polar surface area (TPSA) is 67.0 Å². The molecule has 0 bridgehead atoms. The van der Waals surface area contributed by atoms with E-state index >= 15 is 0 Å². The van der Waals surface area contributed by atoms with Gasteiger partial charge in [0.25, 0.3) is 0 Å². The van der Waals surface area contributed by atoms with Gasteiger partial charge in [-0.25, -0.2) is 4.98 Å². The molecule has 0 atom stereocenters. The number of benzene rings is 2. The Morgan fingerprint density at radius 1 is 1.16 bits per heavy atom. The molecule has 32 heavy (non-hydrogen) atoms. The molecule has 2 aromatic carbocycles. The number of halogens is 3. The number of hydrogen-bond acceptors (Lipinski definition) is 4. The number of para-hydroxylation sites is 1. The van der Waals surface area contributed by atoms with Crippen molar-refractivity contribution in [3.05, 3.63) is 65.9 Å². The maximum absolute atomic E-state index is 12.5. The fourth-order valence-corrected chi connectivity index (χ4v) is 4.23. The number of thioether (sulfide) groups is 1. The van der Waals surface area contributed by atoms with Gasteiger partial charge in [-0.05, 0) is 49.2 Å². The summed E-state index contributed by atoms with van der Waals surface area (Å²) in [5.74, 6) is -0.181. The number of nitrogens with one attached hydrogen (secondary N) is 2. The van der Waals surface area contributed by atoms with Crippen LogP contribution in [-0.4, -0.2) is 34.5 Å². The molecule has 2 aromatic heterocycles. The summed E-state index contributed by atoms with van der Waals surface area (Å²) < 4.78 is 41.6. The van der Waals surface area contributed by atoms with Crippen molar-refractivity contribution < 1.29 is 22.7 Å². The van der Waals surface area contributed by atoms with Gasteiger partial charge in [0.15, 0.2) is 0 Å². The maximum atomic E-state index is 12.5. The Morgan fingerprint density at radius 3 is 2.78 bits per heavy atom. The number of nitrogens with zero attached hydrogens (tertiary/aromatic N) is 1. The summed E-state index contributed by atoms with van der Waals surface area (Å²) in [6.07, 6.45) is -4.27. The number of aromatic nitrogens is 2. The number of pyridine rings is 1. The van der Waals surface area contributed by atoms with Crippen LogP contribution < -0.4 is 10.1 Å². The van der Waals surface area contributed by atoms with E-state index in [1.54, 1.807) is 6.07 Å². The molecule has 4 rings (SSSR count). The second-order valence-electron chi connectivity index (χ2n) is 7.21. The van der Waals surface area contributed by atoms with Crippen molar-refractivity contribution in [3.63, 3.8) is 0 Å². The molecule has 2 heterocycles. The van der Waals surface area contributed by atoms with Gasteiger partial charge < -0.3 is 15.0 Å². The van der Waals surface area contributed by atoms with E-state index in [1.807, 2.05) is 43.3 Å². The first-order chi connectivity index (χ1) is 15.3. The lowest BCUT2D eigenvalue weighted by molar-refractivity contribution is -0.274. The fraction of sp³-hybridized carbons (Fsp3) is 0.217. The Bertz CT molecular complexity index is 1270. The molecule has 0 saturated carbocycles. The first-order valence-electron chi connectivity index (χ1n) is 9.91. The second kappa shape index (κ2) is 9.12. The minimum atomic E-state index is -4.75. The largest absolute Gasteiger partial charge is 0.573 e. The number of H-pyrrole nitrogens is 1. The highest BCUT2D eigenvalue weighted by Crippen LogP contribution is 2.30. The number of hydrogen-bond donors (Lipinski definition) is 2. The highest BCUT2D eigenvalue weighted by atomic mass is 32.2. The molecule has 166 valence electrons. The Balaban J connectivity index is 1.34. The van der Waals surface area contributed by atoms with Gasteiger partial charge in [0, 0.05) is 28.5 Å². The van der Waals surface area contributed by atoms with Crippen molar-refractivity contribution in [3.8, 4) is 5.75 Å². The van der Waals surface area contributed by atoms with Gasteiger partial charge in [-0.2, -0.15) is 0 Å². The molecule has 0 spiro atoms. The number of amides is 1. The van der Waals surface area contributed by atoms with Crippen molar-refractivity contribution in [2.24, 2.45) is 0 Å². The highest BCUT2D eigenvalue weighted by molar-refractivity contribution is 7.99. The number of aryl methyl sites for hydroxylation is 1. The minimum absolute atomic E-state index is 0.136. The van der Waals surface area contributed by atoms with E-state index in [4.69, 9.17) is 0 Å². The third kappa shape index (κ3) is 5.34. The highest BCUT2D eigenvalue weighted by Gasteiger charge is 2.31. The van der Waals surface area contributed by atoms with E-state index in [1.165, 1.54) is 23.9 Å². The minimum Gasteiger partial charge on any atom is -0.406 e. The maximum Gasteiger partial charge on any atom is 0.573 e. The predicted octanol–water partition coefficient (Wildman–Crippen LogP) is 5.37. The summed E-state index contributed by atoms with van der Waals surface area (Å²) in [6.45, 7) is 2.21. The molecule has 0 saturated heterocycles. The number of carbonyl (C=O) groups excluding carboxylic acids is 1. The fourth-order valence-electron chi connectivity index (χ4n) is 3.53. The summed E-state index contributed by atoms with van der Waals surface area (Å²) in [5.41, 5.74) is 3.28. The summed E-state index contributed by atoms with van der Waals surface area (Å²) >= 11 is 1.35. The monoisotopic (exact) mass is 459 g/mol. The molecule has 0 fully saturated rings. The molecule has 1 amide bonds. The molecule has 0 aliphatic heterocycles. The van der Waals surface area contributed by atoms with E-state index in [0.717, 1.165) is 32.7 Å². The number of ether oxygens (including phenoxy) is 1. The Kier molecular flexibility index (Phi) is 6.27. The van der Waals surface area contributed by atoms with Crippen molar-refractivity contribution >= 4 is 39.5 Å². The molecule has 5 nitrogen and oxygen atoms in total. The van der Waals surface area contributed by atoms with Gasteiger partial charge in [0.05, 0.1) is 16.3 Å². The number of aromatic amines is 1. The average molecular weight is 459 g/mol. The molecule has 2 N–H and O–H groups in total. The first-order valence-corrected chi connectivity index (χ1v) is 10.9. The van der Waals surface area contributed by atoms with Crippen molar-refractivity contribution in [1.29, 1.82) is 0 Å². The van der Waals surface area contributed by atoms with Gasteiger partial charge in [-0.1, -0.05) is 36.0 Å².